The molecule has 0 radical (unpaired) electrons. The molecule has 0 saturated heterocycles. The monoisotopic (exact) mass is 338 g/mol. The molecule has 1 rings (SSSR count). The standard InChI is InChI=1S/C22H44.C2H6/c1-8-10-12-20-15-16-22(7,17(3)4)19(6)21(20)14-13-18(5)11-9-2;1-2/h17-21H,8-16H2,1-7H3;1-2H3. The lowest BCUT2D eigenvalue weighted by Crippen LogP contribution is -2.43. The number of hydrogen-bond donors (Lipinski definition) is 0. The lowest BCUT2D eigenvalue weighted by atomic mass is 9.54. The predicted octanol–water partition coefficient (Wildman–Crippen LogP) is 8.74. The molecule has 0 spiro atoms. The summed E-state index contributed by atoms with van der Waals surface area (Å²) in [5, 5.41) is 0. The highest BCUT2D eigenvalue weighted by Crippen LogP contribution is 2.53. The normalized spacial score (nSPS) is 31.5. The van der Waals surface area contributed by atoms with Gasteiger partial charge >= 0.3 is 0 Å². The van der Waals surface area contributed by atoms with E-state index >= 15 is 0 Å². The molecule has 0 aromatic carbocycles. The molecule has 0 heterocycles. The van der Waals surface area contributed by atoms with Crippen molar-refractivity contribution < 1.29 is 0 Å². The molecule has 1 saturated carbocycles. The Hall–Kier alpha value is 0. The van der Waals surface area contributed by atoms with Crippen LogP contribution < -0.4 is 0 Å². The summed E-state index contributed by atoms with van der Waals surface area (Å²) < 4.78 is 0. The highest BCUT2D eigenvalue weighted by atomic mass is 14.5. The van der Waals surface area contributed by atoms with Crippen molar-refractivity contribution in [2.24, 2.45) is 35.0 Å². The van der Waals surface area contributed by atoms with Crippen LogP contribution in [0.1, 0.15) is 120 Å². The fourth-order valence-corrected chi connectivity index (χ4v) is 5.07. The molecule has 0 bridgehead atoms. The van der Waals surface area contributed by atoms with Gasteiger partial charge in [0.05, 0.1) is 0 Å². The molecule has 1 aliphatic rings. The van der Waals surface area contributed by atoms with Gasteiger partial charge in [-0.1, -0.05) is 101 Å². The molecule has 24 heavy (non-hydrogen) atoms. The molecule has 5 atom stereocenters. The Balaban J connectivity index is 0.00000254. The molecule has 0 heteroatoms. The largest absolute Gasteiger partial charge is 0.0683 e. The van der Waals surface area contributed by atoms with Crippen molar-refractivity contribution in [3.63, 3.8) is 0 Å². The zero-order valence-electron chi connectivity index (χ0n) is 18.8. The Morgan fingerprint density at radius 2 is 1.58 bits per heavy atom. The maximum Gasteiger partial charge on any atom is -0.0274 e. The fraction of sp³-hybridized carbons (Fsp3) is 1.00. The zero-order chi connectivity index (χ0) is 18.8. The quantitative estimate of drug-likeness (QED) is 0.394. The minimum absolute atomic E-state index is 0.571. The van der Waals surface area contributed by atoms with E-state index < -0.39 is 0 Å². The van der Waals surface area contributed by atoms with E-state index in [0.29, 0.717) is 5.41 Å². The van der Waals surface area contributed by atoms with Gasteiger partial charge in [0.1, 0.15) is 0 Å². The van der Waals surface area contributed by atoms with Crippen molar-refractivity contribution in [3.8, 4) is 0 Å². The molecule has 5 unspecified atom stereocenters. The third-order valence-electron chi connectivity index (χ3n) is 7.36. The van der Waals surface area contributed by atoms with Crippen LogP contribution in [0.25, 0.3) is 0 Å². The first-order valence-corrected chi connectivity index (χ1v) is 11.4. The van der Waals surface area contributed by atoms with Crippen LogP contribution >= 0.6 is 0 Å². The minimum atomic E-state index is 0.571. The van der Waals surface area contributed by atoms with E-state index in [1.165, 1.54) is 57.8 Å². The summed E-state index contributed by atoms with van der Waals surface area (Å²) in [6, 6.07) is 0. The first-order valence-electron chi connectivity index (χ1n) is 11.4. The molecule has 1 aliphatic carbocycles. The SMILES string of the molecule is CC.CCCCC1CCC(C)(C(C)C)C(C)C1CCC(C)CCC. The minimum Gasteiger partial charge on any atom is -0.0683 e. The summed E-state index contributed by atoms with van der Waals surface area (Å²) in [7, 11) is 0. The van der Waals surface area contributed by atoms with Gasteiger partial charge in [-0.05, 0) is 54.3 Å². The van der Waals surface area contributed by atoms with Gasteiger partial charge in [0.15, 0.2) is 0 Å². The average Bonchev–Trinajstić information content (AvgIpc) is 2.57. The maximum absolute atomic E-state index is 2.59. The van der Waals surface area contributed by atoms with E-state index in [9.17, 15) is 0 Å². The van der Waals surface area contributed by atoms with E-state index in [-0.39, 0.29) is 0 Å². The van der Waals surface area contributed by atoms with E-state index in [0.717, 1.165) is 29.6 Å². The lowest BCUT2D eigenvalue weighted by molar-refractivity contribution is -0.0175. The van der Waals surface area contributed by atoms with E-state index in [1.807, 2.05) is 13.8 Å². The second-order valence-corrected chi connectivity index (χ2v) is 9.03. The van der Waals surface area contributed by atoms with Crippen LogP contribution in [0.4, 0.5) is 0 Å². The molecule has 0 amide bonds. The molecule has 1 fully saturated rings. The second-order valence-electron chi connectivity index (χ2n) is 9.03. The van der Waals surface area contributed by atoms with Gasteiger partial charge in [0, 0.05) is 0 Å². The highest BCUT2D eigenvalue weighted by molar-refractivity contribution is 4.94. The Morgan fingerprint density at radius 1 is 0.958 bits per heavy atom. The zero-order valence-corrected chi connectivity index (χ0v) is 18.8. The molecule has 0 N–H and O–H groups in total. The molecular formula is C24H50. The Morgan fingerprint density at radius 3 is 2.08 bits per heavy atom. The van der Waals surface area contributed by atoms with Gasteiger partial charge in [-0.15, -0.1) is 0 Å². The van der Waals surface area contributed by atoms with Crippen LogP contribution in [0.15, 0.2) is 0 Å². The van der Waals surface area contributed by atoms with Gasteiger partial charge in [-0.25, -0.2) is 0 Å². The Kier molecular flexibility index (Phi) is 12.4. The van der Waals surface area contributed by atoms with Gasteiger partial charge in [-0.2, -0.15) is 0 Å². The summed E-state index contributed by atoms with van der Waals surface area (Å²) in [5.74, 6) is 4.64. The molecule has 0 nitrogen and oxygen atoms in total. The van der Waals surface area contributed by atoms with Crippen LogP contribution in [0.3, 0.4) is 0 Å². The van der Waals surface area contributed by atoms with Gasteiger partial charge < -0.3 is 0 Å². The van der Waals surface area contributed by atoms with Crippen LogP contribution in [0, 0.1) is 35.0 Å². The first kappa shape index (κ1) is 24.0. The number of hydrogen-bond acceptors (Lipinski definition) is 0. The van der Waals surface area contributed by atoms with Crippen molar-refractivity contribution in [3.05, 3.63) is 0 Å². The van der Waals surface area contributed by atoms with E-state index in [2.05, 4.69) is 48.5 Å². The molecule has 0 aliphatic heterocycles. The third kappa shape index (κ3) is 6.72. The number of unbranched alkanes of at least 4 members (excludes halogenated alkanes) is 1. The predicted molar refractivity (Wildman–Crippen MR) is 113 cm³/mol. The fourth-order valence-electron chi connectivity index (χ4n) is 5.07. The second kappa shape index (κ2) is 12.4. The third-order valence-corrected chi connectivity index (χ3v) is 7.36. The summed E-state index contributed by atoms with van der Waals surface area (Å²) >= 11 is 0. The van der Waals surface area contributed by atoms with Crippen LogP contribution in [0.5, 0.6) is 0 Å². The van der Waals surface area contributed by atoms with E-state index in [1.54, 1.807) is 0 Å². The molecule has 0 aromatic heterocycles. The van der Waals surface area contributed by atoms with Crippen molar-refractivity contribution in [1.29, 1.82) is 0 Å². The maximum atomic E-state index is 2.59. The average molecular weight is 339 g/mol. The summed E-state index contributed by atoms with van der Waals surface area (Å²) in [6.07, 6.45) is 13.0. The Bertz CT molecular complexity index is 292. The van der Waals surface area contributed by atoms with Crippen molar-refractivity contribution >= 4 is 0 Å². The van der Waals surface area contributed by atoms with Crippen LogP contribution in [0.2, 0.25) is 0 Å². The first-order chi connectivity index (χ1) is 11.4. The number of rotatable bonds is 9. The molecular weight excluding hydrogens is 288 g/mol. The highest BCUT2D eigenvalue weighted by Gasteiger charge is 2.44. The van der Waals surface area contributed by atoms with Crippen molar-refractivity contribution in [1.82, 2.24) is 0 Å². The Labute approximate surface area is 155 Å². The van der Waals surface area contributed by atoms with Gasteiger partial charge in [-0.3, -0.25) is 0 Å². The summed E-state index contributed by atoms with van der Waals surface area (Å²) in [5.41, 5.74) is 0.571. The smallest absolute Gasteiger partial charge is 0.0274 e. The van der Waals surface area contributed by atoms with Crippen LogP contribution in [-0.2, 0) is 0 Å². The lowest BCUT2D eigenvalue weighted by Gasteiger charge is -2.51. The molecule has 0 aromatic rings. The topological polar surface area (TPSA) is 0 Å². The van der Waals surface area contributed by atoms with Gasteiger partial charge in [0.2, 0.25) is 0 Å². The van der Waals surface area contributed by atoms with Gasteiger partial charge in [0.25, 0.3) is 0 Å². The molecule has 146 valence electrons. The van der Waals surface area contributed by atoms with E-state index in [4.69, 9.17) is 0 Å². The van der Waals surface area contributed by atoms with Crippen LogP contribution in [-0.4, -0.2) is 0 Å². The summed E-state index contributed by atoms with van der Waals surface area (Å²) in [6.45, 7) is 21.2. The summed E-state index contributed by atoms with van der Waals surface area (Å²) in [4.78, 5) is 0. The van der Waals surface area contributed by atoms with Crippen molar-refractivity contribution in [2.45, 2.75) is 120 Å². The van der Waals surface area contributed by atoms with Crippen molar-refractivity contribution in [2.75, 3.05) is 0 Å².